The van der Waals surface area contributed by atoms with Gasteiger partial charge in [-0.15, -0.1) is 12.4 Å². The van der Waals surface area contributed by atoms with Gasteiger partial charge in [0, 0.05) is 25.2 Å². The molecule has 1 heterocycles. The average molecular weight is 287 g/mol. The van der Waals surface area contributed by atoms with Crippen LogP contribution >= 0.6 is 12.4 Å². The summed E-state index contributed by atoms with van der Waals surface area (Å²) in [7, 11) is 3.36. The molecule has 0 saturated carbocycles. The molecule has 1 aliphatic heterocycles. The van der Waals surface area contributed by atoms with Crippen LogP contribution in [0.25, 0.3) is 0 Å². The first kappa shape index (κ1) is 16.1. The first-order valence-corrected chi connectivity index (χ1v) is 6.43. The van der Waals surface area contributed by atoms with E-state index in [1.165, 1.54) is 18.4 Å². The second-order valence-corrected chi connectivity index (χ2v) is 4.72. The van der Waals surface area contributed by atoms with Crippen LogP contribution in [0.3, 0.4) is 0 Å². The van der Waals surface area contributed by atoms with Gasteiger partial charge in [-0.3, -0.25) is 4.90 Å². The fraction of sp³-hybridized carbons (Fsp3) is 0.571. The van der Waals surface area contributed by atoms with Crippen LogP contribution in [0.1, 0.15) is 18.4 Å². The van der Waals surface area contributed by atoms with Crippen molar-refractivity contribution in [3.05, 3.63) is 23.8 Å². The maximum absolute atomic E-state index is 5.80. The smallest absolute Gasteiger partial charge is 0.122 e. The largest absolute Gasteiger partial charge is 0.497 e. The van der Waals surface area contributed by atoms with Crippen LogP contribution < -0.4 is 15.2 Å². The van der Waals surface area contributed by atoms with Crippen molar-refractivity contribution in [3.63, 3.8) is 0 Å². The van der Waals surface area contributed by atoms with Crippen LogP contribution in [0.2, 0.25) is 0 Å². The molecule has 1 saturated heterocycles. The summed E-state index contributed by atoms with van der Waals surface area (Å²) in [6, 6.07) is 6.54. The number of likely N-dealkylation sites (tertiary alicyclic amines) is 1. The number of hydrogen-bond donors (Lipinski definition) is 1. The molecular formula is C14H23ClN2O2. The molecule has 1 aromatic rings. The van der Waals surface area contributed by atoms with E-state index in [1.807, 2.05) is 6.07 Å². The molecule has 1 aliphatic rings. The number of hydrogen-bond acceptors (Lipinski definition) is 4. The van der Waals surface area contributed by atoms with Crippen molar-refractivity contribution < 1.29 is 9.47 Å². The summed E-state index contributed by atoms with van der Waals surface area (Å²) in [6.07, 6.45) is 2.45. The lowest BCUT2D eigenvalue weighted by Gasteiger charge is -2.23. The van der Waals surface area contributed by atoms with Gasteiger partial charge >= 0.3 is 0 Å². The summed E-state index contributed by atoms with van der Waals surface area (Å²) in [5.74, 6) is 1.68. The molecule has 0 amide bonds. The van der Waals surface area contributed by atoms with E-state index in [1.54, 1.807) is 14.2 Å². The van der Waals surface area contributed by atoms with E-state index >= 15 is 0 Å². The van der Waals surface area contributed by atoms with Crippen molar-refractivity contribution in [1.82, 2.24) is 4.90 Å². The van der Waals surface area contributed by atoms with Crippen LogP contribution in [-0.4, -0.2) is 38.3 Å². The van der Waals surface area contributed by atoms with E-state index in [-0.39, 0.29) is 12.4 Å². The Morgan fingerprint density at radius 2 is 1.84 bits per heavy atom. The van der Waals surface area contributed by atoms with Crippen LogP contribution in [-0.2, 0) is 6.54 Å². The number of halogens is 1. The predicted molar refractivity (Wildman–Crippen MR) is 79.3 cm³/mol. The molecule has 0 aliphatic carbocycles. The van der Waals surface area contributed by atoms with Gasteiger partial charge < -0.3 is 15.2 Å². The van der Waals surface area contributed by atoms with Gasteiger partial charge in [0.05, 0.1) is 14.2 Å². The first-order chi connectivity index (χ1) is 8.76. The minimum Gasteiger partial charge on any atom is -0.497 e. The molecule has 0 spiro atoms. The molecule has 1 unspecified atom stereocenters. The third-order valence-corrected chi connectivity index (χ3v) is 3.57. The van der Waals surface area contributed by atoms with E-state index in [0.29, 0.717) is 6.04 Å². The third-order valence-electron chi connectivity index (χ3n) is 3.57. The Morgan fingerprint density at radius 3 is 2.37 bits per heavy atom. The van der Waals surface area contributed by atoms with Crippen molar-refractivity contribution in [2.24, 2.45) is 5.73 Å². The lowest BCUT2D eigenvalue weighted by atomic mass is 10.1. The topological polar surface area (TPSA) is 47.7 Å². The molecule has 2 rings (SSSR count). The van der Waals surface area contributed by atoms with Gasteiger partial charge in [0.25, 0.3) is 0 Å². The fourth-order valence-corrected chi connectivity index (χ4v) is 2.56. The van der Waals surface area contributed by atoms with Crippen molar-refractivity contribution in [1.29, 1.82) is 0 Å². The molecule has 2 N–H and O–H groups in total. The van der Waals surface area contributed by atoms with Gasteiger partial charge in [-0.1, -0.05) is 0 Å². The highest BCUT2D eigenvalue weighted by Crippen LogP contribution is 2.25. The molecule has 0 aromatic heterocycles. The summed E-state index contributed by atoms with van der Waals surface area (Å²) in [5.41, 5.74) is 7.01. The average Bonchev–Trinajstić information content (AvgIpc) is 2.85. The predicted octanol–water partition coefficient (Wildman–Crippen LogP) is 2.05. The number of benzene rings is 1. The minimum absolute atomic E-state index is 0. The monoisotopic (exact) mass is 286 g/mol. The lowest BCUT2D eigenvalue weighted by molar-refractivity contribution is 0.249. The Balaban J connectivity index is 0.00000180. The number of nitrogens with two attached hydrogens (primary N) is 1. The number of ether oxygens (including phenoxy) is 2. The molecule has 108 valence electrons. The number of rotatable bonds is 5. The second-order valence-electron chi connectivity index (χ2n) is 4.72. The molecule has 5 heteroatoms. The Labute approximate surface area is 121 Å². The summed E-state index contributed by atoms with van der Waals surface area (Å²) >= 11 is 0. The van der Waals surface area contributed by atoms with E-state index in [9.17, 15) is 0 Å². The van der Waals surface area contributed by atoms with Gasteiger partial charge in [-0.25, -0.2) is 0 Å². The van der Waals surface area contributed by atoms with Gasteiger partial charge in [-0.05, 0) is 37.1 Å². The first-order valence-electron chi connectivity index (χ1n) is 6.43. The Morgan fingerprint density at radius 1 is 1.21 bits per heavy atom. The molecule has 1 fully saturated rings. The van der Waals surface area contributed by atoms with E-state index in [0.717, 1.165) is 31.1 Å². The maximum Gasteiger partial charge on any atom is 0.122 e. The molecule has 1 aromatic carbocycles. The standard InChI is InChI=1S/C14H22N2O2.ClH/c1-17-13-6-11(7-14(8-13)18-2)10-16-5-3-4-12(16)9-15;/h6-8,12H,3-5,9-10,15H2,1-2H3;1H. The summed E-state index contributed by atoms with van der Waals surface area (Å²) in [4.78, 5) is 2.44. The van der Waals surface area contributed by atoms with E-state index in [2.05, 4.69) is 17.0 Å². The highest BCUT2D eigenvalue weighted by atomic mass is 35.5. The van der Waals surface area contributed by atoms with Gasteiger partial charge in [0.1, 0.15) is 11.5 Å². The highest BCUT2D eigenvalue weighted by Gasteiger charge is 2.23. The van der Waals surface area contributed by atoms with Gasteiger partial charge in [-0.2, -0.15) is 0 Å². The third kappa shape index (κ3) is 4.00. The minimum atomic E-state index is 0. The Hall–Kier alpha value is -0.970. The van der Waals surface area contributed by atoms with Gasteiger partial charge in [0.2, 0.25) is 0 Å². The van der Waals surface area contributed by atoms with E-state index < -0.39 is 0 Å². The second kappa shape index (κ2) is 7.58. The van der Waals surface area contributed by atoms with Crippen LogP contribution in [0.5, 0.6) is 11.5 Å². The SMILES string of the molecule is COc1cc(CN2CCCC2CN)cc(OC)c1.Cl. The molecule has 0 bridgehead atoms. The van der Waals surface area contributed by atoms with Crippen LogP contribution in [0.4, 0.5) is 0 Å². The number of methoxy groups -OCH3 is 2. The quantitative estimate of drug-likeness (QED) is 0.900. The fourth-order valence-electron chi connectivity index (χ4n) is 2.56. The van der Waals surface area contributed by atoms with E-state index in [4.69, 9.17) is 15.2 Å². The molecule has 0 radical (unpaired) electrons. The summed E-state index contributed by atoms with van der Waals surface area (Å²) in [6.45, 7) is 2.78. The number of nitrogens with zero attached hydrogens (tertiary/aromatic N) is 1. The Kier molecular flexibility index (Phi) is 6.42. The summed E-state index contributed by atoms with van der Waals surface area (Å²) < 4.78 is 10.6. The van der Waals surface area contributed by atoms with Crippen LogP contribution in [0.15, 0.2) is 18.2 Å². The molecule has 19 heavy (non-hydrogen) atoms. The van der Waals surface area contributed by atoms with Gasteiger partial charge in [0.15, 0.2) is 0 Å². The van der Waals surface area contributed by atoms with Crippen LogP contribution in [0, 0.1) is 0 Å². The Bertz CT molecular complexity index is 379. The van der Waals surface area contributed by atoms with Crippen molar-refractivity contribution in [3.8, 4) is 11.5 Å². The zero-order valence-electron chi connectivity index (χ0n) is 11.6. The van der Waals surface area contributed by atoms with Crippen molar-refractivity contribution in [2.75, 3.05) is 27.3 Å². The zero-order chi connectivity index (χ0) is 13.0. The maximum atomic E-state index is 5.80. The summed E-state index contributed by atoms with van der Waals surface area (Å²) in [5, 5.41) is 0. The normalized spacial score (nSPS) is 19.0. The highest BCUT2D eigenvalue weighted by molar-refractivity contribution is 5.85. The van der Waals surface area contributed by atoms with Crippen molar-refractivity contribution >= 4 is 12.4 Å². The van der Waals surface area contributed by atoms with Crippen molar-refractivity contribution in [2.45, 2.75) is 25.4 Å². The zero-order valence-corrected chi connectivity index (χ0v) is 12.4. The molecule has 4 nitrogen and oxygen atoms in total. The molecular weight excluding hydrogens is 264 g/mol. The molecule has 1 atom stereocenters. The lowest BCUT2D eigenvalue weighted by Crippen LogP contribution is -2.34.